The van der Waals surface area contributed by atoms with Crippen molar-refractivity contribution in [3.05, 3.63) is 28.8 Å². The lowest BCUT2D eigenvalue weighted by Gasteiger charge is -2.28. The van der Waals surface area contributed by atoms with Gasteiger partial charge in [0.1, 0.15) is 5.92 Å². The van der Waals surface area contributed by atoms with E-state index in [1.807, 2.05) is 6.92 Å². The number of anilines is 1. The average molecular weight is 397 g/mol. The molecule has 0 aromatic heterocycles. The number of halogens is 1. The highest BCUT2D eigenvalue weighted by Crippen LogP contribution is 2.22. The number of rotatable bonds is 7. The first-order valence-electron chi connectivity index (χ1n) is 9.22. The molecule has 2 amide bonds. The smallest absolute Gasteiger partial charge is 0.314 e. The number of amides is 2. The quantitative estimate of drug-likeness (QED) is 0.587. The minimum absolute atomic E-state index is 0.112. The fourth-order valence-electron chi connectivity index (χ4n) is 3.18. The van der Waals surface area contributed by atoms with Gasteiger partial charge in [-0.2, -0.15) is 0 Å². The molecule has 1 fully saturated rings. The van der Waals surface area contributed by atoms with Crippen LogP contribution in [0.1, 0.15) is 25.3 Å². The molecule has 1 aromatic rings. The third kappa shape index (κ3) is 6.52. The first-order valence-corrected chi connectivity index (χ1v) is 9.60. The second-order valence-electron chi connectivity index (χ2n) is 6.71. The van der Waals surface area contributed by atoms with Crippen molar-refractivity contribution in [1.82, 2.24) is 5.32 Å². The first-order chi connectivity index (χ1) is 12.9. The Hall–Kier alpha value is -2.12. The second-order valence-corrected chi connectivity index (χ2v) is 7.12. The Morgan fingerprint density at radius 2 is 2.07 bits per heavy atom. The maximum Gasteiger partial charge on any atom is 0.314 e. The molecule has 0 saturated carbocycles. The Balaban J connectivity index is 1.76. The van der Waals surface area contributed by atoms with E-state index >= 15 is 0 Å². The number of hydrogen-bond donors (Lipinski definition) is 3. The zero-order chi connectivity index (χ0) is 19.8. The number of ether oxygens (including phenoxy) is 1. The predicted molar refractivity (Wildman–Crippen MR) is 103 cm³/mol. The molecule has 27 heavy (non-hydrogen) atoms. The molecule has 1 heterocycles. The second kappa shape index (κ2) is 10.3. The Bertz CT molecular complexity index is 696. The summed E-state index contributed by atoms with van der Waals surface area (Å²) < 4.78 is 5.07. The number of esters is 1. The van der Waals surface area contributed by atoms with Gasteiger partial charge in [0.15, 0.2) is 6.54 Å². The number of piperidine rings is 1. The van der Waals surface area contributed by atoms with Crippen LogP contribution >= 0.6 is 11.6 Å². The molecule has 2 rings (SSSR count). The van der Waals surface area contributed by atoms with Crippen LogP contribution in [0.5, 0.6) is 0 Å². The van der Waals surface area contributed by atoms with Crippen LogP contribution in [0.2, 0.25) is 5.02 Å². The van der Waals surface area contributed by atoms with E-state index in [4.69, 9.17) is 16.3 Å². The Kier molecular flexibility index (Phi) is 8.06. The molecule has 7 nitrogen and oxygen atoms in total. The molecule has 0 spiro atoms. The van der Waals surface area contributed by atoms with Crippen LogP contribution in [-0.2, 0) is 19.1 Å². The zero-order valence-corrected chi connectivity index (χ0v) is 16.5. The maximum absolute atomic E-state index is 12.1. The normalized spacial score (nSPS) is 19.2. The number of quaternary nitrogens is 1. The third-order valence-corrected chi connectivity index (χ3v) is 5.05. The first kappa shape index (κ1) is 21.2. The number of carbonyl (C=O) groups is 3. The van der Waals surface area contributed by atoms with Gasteiger partial charge in [0.2, 0.25) is 5.91 Å². The van der Waals surface area contributed by atoms with E-state index in [-0.39, 0.29) is 36.8 Å². The van der Waals surface area contributed by atoms with E-state index in [1.165, 1.54) is 0 Å². The number of nitrogens with one attached hydrogen (secondary N) is 3. The topological polar surface area (TPSA) is 88.9 Å². The van der Waals surface area contributed by atoms with Crippen molar-refractivity contribution < 1.29 is 24.0 Å². The van der Waals surface area contributed by atoms with Crippen molar-refractivity contribution in [3.63, 3.8) is 0 Å². The molecular weight excluding hydrogens is 370 g/mol. The van der Waals surface area contributed by atoms with Crippen molar-refractivity contribution in [1.29, 1.82) is 0 Å². The minimum Gasteiger partial charge on any atom is -0.466 e. The minimum atomic E-state index is -0.313. The van der Waals surface area contributed by atoms with E-state index in [0.717, 1.165) is 29.8 Å². The molecule has 0 bridgehead atoms. The van der Waals surface area contributed by atoms with Gasteiger partial charge in [-0.25, -0.2) is 0 Å². The molecule has 0 aliphatic carbocycles. The van der Waals surface area contributed by atoms with Crippen molar-refractivity contribution in [2.24, 2.45) is 5.92 Å². The number of carbonyl (C=O) groups excluding carboxylic acids is 3. The van der Waals surface area contributed by atoms with Crippen LogP contribution < -0.4 is 15.5 Å². The predicted octanol–water partition coefficient (Wildman–Crippen LogP) is 0.561. The molecule has 1 saturated heterocycles. The van der Waals surface area contributed by atoms with Crippen LogP contribution in [-0.4, -0.2) is 50.6 Å². The summed E-state index contributed by atoms with van der Waals surface area (Å²) >= 11 is 6.03. The Morgan fingerprint density at radius 1 is 1.30 bits per heavy atom. The molecule has 0 radical (unpaired) electrons. The summed E-state index contributed by atoms with van der Waals surface area (Å²) in [7, 11) is 0. The summed E-state index contributed by atoms with van der Waals surface area (Å²) in [6, 6.07) is 5.26. The van der Waals surface area contributed by atoms with E-state index in [9.17, 15) is 14.4 Å². The largest absolute Gasteiger partial charge is 0.466 e. The van der Waals surface area contributed by atoms with Gasteiger partial charge in [0.25, 0.3) is 5.91 Å². The van der Waals surface area contributed by atoms with Gasteiger partial charge in [0, 0.05) is 10.7 Å². The van der Waals surface area contributed by atoms with Crippen LogP contribution in [0, 0.1) is 12.8 Å². The highest BCUT2D eigenvalue weighted by Gasteiger charge is 2.30. The summed E-state index contributed by atoms with van der Waals surface area (Å²) in [5.74, 6) is -0.874. The van der Waals surface area contributed by atoms with Crippen molar-refractivity contribution in [3.8, 4) is 0 Å². The highest BCUT2D eigenvalue weighted by molar-refractivity contribution is 6.31. The number of likely N-dealkylation sites (tertiary alicyclic amines) is 1. The van der Waals surface area contributed by atoms with Gasteiger partial charge in [0.05, 0.1) is 26.2 Å². The monoisotopic (exact) mass is 396 g/mol. The van der Waals surface area contributed by atoms with Crippen LogP contribution in [0.3, 0.4) is 0 Å². The van der Waals surface area contributed by atoms with Crippen molar-refractivity contribution in [2.75, 3.05) is 38.1 Å². The van der Waals surface area contributed by atoms with Crippen molar-refractivity contribution >= 4 is 35.1 Å². The van der Waals surface area contributed by atoms with E-state index in [1.54, 1.807) is 25.1 Å². The summed E-state index contributed by atoms with van der Waals surface area (Å²) in [6.07, 6.45) is 1.67. The van der Waals surface area contributed by atoms with Crippen LogP contribution in [0.4, 0.5) is 5.69 Å². The molecule has 148 valence electrons. The fourth-order valence-corrected chi connectivity index (χ4v) is 3.35. The van der Waals surface area contributed by atoms with E-state index in [2.05, 4.69) is 10.6 Å². The molecule has 8 heteroatoms. The Morgan fingerprint density at radius 3 is 2.81 bits per heavy atom. The lowest BCUT2D eigenvalue weighted by molar-refractivity contribution is -0.899. The molecular formula is C19H27ClN3O4+. The lowest BCUT2D eigenvalue weighted by atomic mass is 9.98. The third-order valence-electron chi connectivity index (χ3n) is 4.64. The van der Waals surface area contributed by atoms with Crippen LogP contribution in [0.15, 0.2) is 18.2 Å². The van der Waals surface area contributed by atoms with Gasteiger partial charge < -0.3 is 20.3 Å². The number of hydrogen-bond acceptors (Lipinski definition) is 4. The van der Waals surface area contributed by atoms with Crippen molar-refractivity contribution in [2.45, 2.75) is 26.7 Å². The summed E-state index contributed by atoms with van der Waals surface area (Å²) in [5, 5.41) is 5.94. The molecule has 2 atom stereocenters. The Labute approximate surface area is 164 Å². The summed E-state index contributed by atoms with van der Waals surface area (Å²) in [6.45, 7) is 5.51. The SMILES string of the molecule is CCOC(=O)[C@H]1CCC[NH+](CC(=O)NCC(=O)Nc2cccc(Cl)c2C)C1. The zero-order valence-electron chi connectivity index (χ0n) is 15.8. The van der Waals surface area contributed by atoms with Gasteiger partial charge in [-0.05, 0) is 44.4 Å². The summed E-state index contributed by atoms with van der Waals surface area (Å²) in [5.41, 5.74) is 1.40. The van der Waals surface area contributed by atoms with Gasteiger partial charge in [-0.3, -0.25) is 14.4 Å². The van der Waals surface area contributed by atoms with Gasteiger partial charge in [-0.15, -0.1) is 0 Å². The molecule has 1 aromatic carbocycles. The van der Waals surface area contributed by atoms with Gasteiger partial charge >= 0.3 is 5.97 Å². The standard InChI is InChI=1S/C19H26ClN3O4/c1-3-27-19(26)14-6-5-9-23(11-14)12-18(25)21-10-17(24)22-16-8-4-7-15(20)13(16)2/h4,7-8,14H,3,5-6,9-12H2,1-2H3,(H,21,25)(H,22,24)/p+1/t14-/m0/s1. The maximum atomic E-state index is 12.1. The molecule has 3 N–H and O–H groups in total. The molecule has 1 aliphatic heterocycles. The highest BCUT2D eigenvalue weighted by atomic mass is 35.5. The molecule has 1 unspecified atom stereocenters. The average Bonchev–Trinajstić information content (AvgIpc) is 2.64. The lowest BCUT2D eigenvalue weighted by Crippen LogP contribution is -3.14. The fraction of sp³-hybridized carbons (Fsp3) is 0.526. The van der Waals surface area contributed by atoms with Gasteiger partial charge in [-0.1, -0.05) is 17.7 Å². The molecule has 1 aliphatic rings. The number of benzene rings is 1. The van der Waals surface area contributed by atoms with Crippen LogP contribution in [0.25, 0.3) is 0 Å². The van der Waals surface area contributed by atoms with E-state index < -0.39 is 0 Å². The summed E-state index contributed by atoms with van der Waals surface area (Å²) in [4.78, 5) is 37.1. The van der Waals surface area contributed by atoms with E-state index in [0.29, 0.717) is 23.9 Å².